The Bertz CT molecular complexity index is 436. The number of carbonyl (C=O) groups excluding carboxylic acids is 1. The summed E-state index contributed by atoms with van der Waals surface area (Å²) in [6, 6.07) is 0. The average Bonchev–Trinajstić information content (AvgIpc) is 2.65. The van der Waals surface area contributed by atoms with Crippen molar-refractivity contribution in [3.63, 3.8) is 0 Å². The van der Waals surface area contributed by atoms with Crippen LogP contribution in [0.2, 0.25) is 0 Å². The van der Waals surface area contributed by atoms with Crippen LogP contribution in [0.4, 0.5) is 0 Å². The van der Waals surface area contributed by atoms with Crippen molar-refractivity contribution in [1.82, 2.24) is 0 Å². The molecule has 0 bridgehead atoms. The number of rotatable bonds is 15. The molecule has 0 aromatic carbocycles. The molecule has 0 radical (unpaired) electrons. The van der Waals surface area contributed by atoms with Crippen molar-refractivity contribution in [2.45, 2.75) is 129 Å². The largest absolute Gasteiger partial charge is 0.481 e. The lowest BCUT2D eigenvalue weighted by atomic mass is 9.82. The molecule has 1 fully saturated rings. The number of ether oxygens (including phenoxy) is 1. The summed E-state index contributed by atoms with van der Waals surface area (Å²) in [5, 5.41) is 9.07. The van der Waals surface area contributed by atoms with Crippen LogP contribution in [-0.4, -0.2) is 22.6 Å². The van der Waals surface area contributed by atoms with E-state index in [-0.39, 0.29) is 17.8 Å². The second-order valence-corrected chi connectivity index (χ2v) is 9.35. The molecule has 1 aliphatic rings. The minimum Gasteiger partial charge on any atom is -0.481 e. The van der Waals surface area contributed by atoms with E-state index in [0.717, 1.165) is 12.8 Å². The summed E-state index contributed by atoms with van der Waals surface area (Å²) >= 11 is 0. The molecule has 1 saturated carbocycles. The molecule has 1 N–H and O–H groups in total. The first-order valence-electron chi connectivity index (χ1n) is 11.8. The zero-order valence-electron chi connectivity index (χ0n) is 18.6. The van der Waals surface area contributed by atoms with Gasteiger partial charge in [0.15, 0.2) is 0 Å². The maximum absolute atomic E-state index is 12.4. The van der Waals surface area contributed by atoms with E-state index < -0.39 is 11.6 Å². The normalized spacial score (nSPS) is 20.1. The molecular weight excluding hydrogens is 352 g/mol. The van der Waals surface area contributed by atoms with Crippen LogP contribution in [0.3, 0.4) is 0 Å². The maximum atomic E-state index is 12.4. The fraction of sp³-hybridized carbons (Fsp3) is 0.917. The Hall–Kier alpha value is -1.06. The van der Waals surface area contributed by atoms with Gasteiger partial charge >= 0.3 is 11.9 Å². The quantitative estimate of drug-likeness (QED) is 0.241. The van der Waals surface area contributed by atoms with E-state index in [1.807, 2.05) is 13.8 Å². The topological polar surface area (TPSA) is 63.6 Å². The van der Waals surface area contributed by atoms with Crippen LogP contribution in [0.1, 0.15) is 124 Å². The van der Waals surface area contributed by atoms with Gasteiger partial charge < -0.3 is 9.84 Å². The minimum absolute atomic E-state index is 0.118. The molecule has 0 heterocycles. The molecule has 0 atom stereocenters. The van der Waals surface area contributed by atoms with Crippen LogP contribution in [0.25, 0.3) is 0 Å². The first kappa shape index (κ1) is 25.0. The molecule has 0 saturated heterocycles. The summed E-state index contributed by atoms with van der Waals surface area (Å²) in [4.78, 5) is 23.4. The minimum atomic E-state index is -0.733. The van der Waals surface area contributed by atoms with Crippen LogP contribution in [0.15, 0.2) is 0 Å². The number of unbranched alkanes of at least 4 members (excludes halogenated alkanes) is 10. The summed E-state index contributed by atoms with van der Waals surface area (Å²) < 4.78 is 5.78. The summed E-state index contributed by atoms with van der Waals surface area (Å²) in [6.45, 7) is 6.27. The van der Waals surface area contributed by atoms with Crippen molar-refractivity contribution in [2.24, 2.45) is 11.8 Å². The average molecular weight is 397 g/mol. The Balaban J connectivity index is 2.06. The highest BCUT2D eigenvalue weighted by Gasteiger charge is 2.33. The number of carboxylic acids is 1. The summed E-state index contributed by atoms with van der Waals surface area (Å²) in [6.07, 6.45) is 17.9. The van der Waals surface area contributed by atoms with Gasteiger partial charge in [-0.25, -0.2) is 0 Å². The smallest absolute Gasteiger partial charge is 0.309 e. The van der Waals surface area contributed by atoms with E-state index in [1.165, 1.54) is 64.2 Å². The summed E-state index contributed by atoms with van der Waals surface area (Å²) in [5.41, 5.74) is -0.417. The van der Waals surface area contributed by atoms with Crippen molar-refractivity contribution in [3.05, 3.63) is 0 Å². The van der Waals surface area contributed by atoms with Gasteiger partial charge in [-0.15, -0.1) is 0 Å². The lowest BCUT2D eigenvalue weighted by molar-refractivity contribution is -0.165. The monoisotopic (exact) mass is 396 g/mol. The molecule has 0 spiro atoms. The molecule has 0 aliphatic heterocycles. The van der Waals surface area contributed by atoms with E-state index >= 15 is 0 Å². The first-order chi connectivity index (χ1) is 13.4. The van der Waals surface area contributed by atoms with Crippen molar-refractivity contribution >= 4 is 11.9 Å². The predicted molar refractivity (Wildman–Crippen MR) is 114 cm³/mol. The van der Waals surface area contributed by atoms with Crippen LogP contribution >= 0.6 is 0 Å². The summed E-state index contributed by atoms with van der Waals surface area (Å²) in [7, 11) is 0. The van der Waals surface area contributed by atoms with Crippen molar-refractivity contribution in [3.8, 4) is 0 Å². The summed E-state index contributed by atoms with van der Waals surface area (Å²) in [5.74, 6) is -1.26. The highest BCUT2D eigenvalue weighted by Crippen LogP contribution is 2.31. The Labute approximate surface area is 172 Å². The Morgan fingerprint density at radius 1 is 0.786 bits per heavy atom. The van der Waals surface area contributed by atoms with Crippen LogP contribution in [0.5, 0.6) is 0 Å². The lowest BCUT2D eigenvalue weighted by Gasteiger charge is -2.30. The molecule has 0 amide bonds. The highest BCUT2D eigenvalue weighted by molar-refractivity contribution is 5.74. The molecule has 0 aromatic heterocycles. The molecule has 1 rings (SSSR count). The number of hydrogen-bond donors (Lipinski definition) is 1. The molecular formula is C24H44O4. The molecule has 4 heteroatoms. The third-order valence-electron chi connectivity index (χ3n) is 6.17. The Kier molecular flexibility index (Phi) is 12.5. The number of carboxylic acid groups (broad SMARTS) is 1. The molecule has 28 heavy (non-hydrogen) atoms. The molecule has 4 nitrogen and oxygen atoms in total. The Morgan fingerprint density at radius 3 is 1.68 bits per heavy atom. The van der Waals surface area contributed by atoms with Gasteiger partial charge in [0, 0.05) is 0 Å². The van der Waals surface area contributed by atoms with E-state index in [4.69, 9.17) is 9.84 Å². The molecule has 1 aliphatic carbocycles. The van der Waals surface area contributed by atoms with Crippen molar-refractivity contribution in [1.29, 1.82) is 0 Å². The van der Waals surface area contributed by atoms with Crippen LogP contribution in [-0.2, 0) is 14.3 Å². The van der Waals surface area contributed by atoms with Gasteiger partial charge in [-0.05, 0) is 52.4 Å². The maximum Gasteiger partial charge on any atom is 0.309 e. The Morgan fingerprint density at radius 2 is 1.21 bits per heavy atom. The zero-order chi connectivity index (χ0) is 20.8. The molecule has 0 unspecified atom stereocenters. The zero-order valence-corrected chi connectivity index (χ0v) is 18.6. The SMILES string of the molecule is CCCCCCCCCCCCCC(C)(C)OC(=O)C1CCC(C(=O)O)CC1. The fourth-order valence-electron chi connectivity index (χ4n) is 4.20. The second kappa shape index (κ2) is 14.0. The predicted octanol–water partition coefficient (Wildman–Crippen LogP) is 6.90. The standard InChI is InChI=1S/C24H44O4/c1-4-5-6-7-8-9-10-11-12-13-14-19-24(2,3)28-23(27)21-17-15-20(16-18-21)22(25)26/h20-21H,4-19H2,1-3H3,(H,25,26). The third kappa shape index (κ3) is 11.1. The van der Waals surface area contributed by atoms with Crippen molar-refractivity contribution < 1.29 is 19.4 Å². The first-order valence-corrected chi connectivity index (χ1v) is 11.8. The van der Waals surface area contributed by atoms with Gasteiger partial charge in [0.1, 0.15) is 5.60 Å². The van der Waals surface area contributed by atoms with Gasteiger partial charge in [0.25, 0.3) is 0 Å². The van der Waals surface area contributed by atoms with E-state index in [9.17, 15) is 9.59 Å². The van der Waals surface area contributed by atoms with Gasteiger partial charge in [-0.2, -0.15) is 0 Å². The van der Waals surface area contributed by atoms with Gasteiger partial charge in [-0.3, -0.25) is 9.59 Å². The second-order valence-electron chi connectivity index (χ2n) is 9.35. The number of carbonyl (C=O) groups is 2. The van der Waals surface area contributed by atoms with Gasteiger partial charge in [0.2, 0.25) is 0 Å². The van der Waals surface area contributed by atoms with Gasteiger partial charge in [-0.1, -0.05) is 71.1 Å². The lowest BCUT2D eigenvalue weighted by Crippen LogP contribution is -2.34. The van der Waals surface area contributed by atoms with E-state index in [0.29, 0.717) is 25.7 Å². The number of esters is 1. The van der Waals surface area contributed by atoms with Crippen molar-refractivity contribution in [2.75, 3.05) is 0 Å². The van der Waals surface area contributed by atoms with E-state index in [2.05, 4.69) is 6.92 Å². The molecule has 0 aromatic rings. The number of hydrogen-bond acceptors (Lipinski definition) is 3. The highest BCUT2D eigenvalue weighted by atomic mass is 16.6. The van der Waals surface area contributed by atoms with Gasteiger partial charge in [0.05, 0.1) is 11.8 Å². The third-order valence-corrected chi connectivity index (χ3v) is 6.17. The van der Waals surface area contributed by atoms with Crippen LogP contribution < -0.4 is 0 Å². The molecule has 164 valence electrons. The fourth-order valence-corrected chi connectivity index (χ4v) is 4.20. The number of aliphatic carboxylic acids is 1. The van der Waals surface area contributed by atoms with Crippen LogP contribution in [0, 0.1) is 11.8 Å². The van der Waals surface area contributed by atoms with E-state index in [1.54, 1.807) is 0 Å².